The number of amides is 1. The summed E-state index contributed by atoms with van der Waals surface area (Å²) in [7, 11) is -2.01. The van der Waals surface area contributed by atoms with E-state index in [1.165, 1.54) is 38.2 Å². The van der Waals surface area contributed by atoms with E-state index in [0.29, 0.717) is 11.7 Å². The van der Waals surface area contributed by atoms with Crippen LogP contribution in [0.3, 0.4) is 0 Å². The van der Waals surface area contributed by atoms with Gasteiger partial charge >= 0.3 is 0 Å². The fraction of sp³-hybridized carbons (Fsp3) is 0.381. The smallest absolute Gasteiger partial charge is 0.261 e. The molecule has 0 bridgehead atoms. The molecule has 2 N–H and O–H groups in total. The fourth-order valence-electron chi connectivity index (χ4n) is 3.94. The maximum Gasteiger partial charge on any atom is 0.261 e. The Kier molecular flexibility index (Phi) is 5.02. The molecule has 0 aromatic heterocycles. The van der Waals surface area contributed by atoms with Crippen LogP contribution in [0.4, 0.5) is 17.1 Å². The zero-order chi connectivity index (χ0) is 19.7. The lowest BCUT2D eigenvalue weighted by Gasteiger charge is -2.24. The second kappa shape index (κ2) is 7.47. The number of likely N-dealkylation sites (N-methyl/N-ethyl adjacent to an activating group) is 1. The Bertz CT molecular complexity index is 980. The van der Waals surface area contributed by atoms with Crippen LogP contribution in [0, 0.1) is 0 Å². The van der Waals surface area contributed by atoms with E-state index in [-0.39, 0.29) is 17.2 Å². The highest BCUT2D eigenvalue weighted by atomic mass is 32.2. The van der Waals surface area contributed by atoms with Gasteiger partial charge in [-0.1, -0.05) is 19.3 Å². The van der Waals surface area contributed by atoms with Crippen LogP contribution in [0.25, 0.3) is 0 Å². The number of benzene rings is 2. The molecule has 0 spiro atoms. The van der Waals surface area contributed by atoms with Crippen LogP contribution in [0.5, 0.6) is 0 Å². The number of hydrogen-bond donors (Lipinski definition) is 2. The van der Waals surface area contributed by atoms with E-state index in [1.54, 1.807) is 36.2 Å². The standard InChI is InChI=1S/C21H25N3O3S/c1-24-20-12-11-19(13-15(20)14-21(24)25)28(26,27)23-18-9-7-17(8-10-18)22-16-5-3-2-4-6-16/h7-13,16,22-23H,2-6,14H2,1H3. The highest BCUT2D eigenvalue weighted by molar-refractivity contribution is 7.92. The van der Waals surface area contributed by atoms with Crippen molar-refractivity contribution in [2.45, 2.75) is 49.5 Å². The molecule has 2 aliphatic rings. The predicted molar refractivity (Wildman–Crippen MR) is 111 cm³/mol. The molecule has 1 fully saturated rings. The molecular formula is C21H25N3O3S. The summed E-state index contributed by atoms with van der Waals surface area (Å²) < 4.78 is 28.1. The highest BCUT2D eigenvalue weighted by Crippen LogP contribution is 2.30. The molecule has 148 valence electrons. The maximum atomic E-state index is 12.7. The number of rotatable bonds is 5. The zero-order valence-corrected chi connectivity index (χ0v) is 16.8. The molecule has 0 unspecified atom stereocenters. The van der Waals surface area contributed by atoms with E-state index in [1.807, 2.05) is 12.1 Å². The van der Waals surface area contributed by atoms with Gasteiger partial charge in [-0.3, -0.25) is 9.52 Å². The number of carbonyl (C=O) groups is 1. The van der Waals surface area contributed by atoms with Crippen molar-refractivity contribution < 1.29 is 13.2 Å². The molecule has 1 saturated carbocycles. The topological polar surface area (TPSA) is 78.5 Å². The van der Waals surface area contributed by atoms with E-state index >= 15 is 0 Å². The molecule has 1 heterocycles. The van der Waals surface area contributed by atoms with Gasteiger partial charge in [0.2, 0.25) is 5.91 Å². The third-order valence-electron chi connectivity index (χ3n) is 5.55. The largest absolute Gasteiger partial charge is 0.382 e. The highest BCUT2D eigenvalue weighted by Gasteiger charge is 2.26. The van der Waals surface area contributed by atoms with Gasteiger partial charge in [-0.05, 0) is 60.9 Å². The summed E-state index contributed by atoms with van der Waals surface area (Å²) in [5.41, 5.74) is 3.03. The van der Waals surface area contributed by atoms with Crippen molar-refractivity contribution in [2.75, 3.05) is 22.0 Å². The first-order valence-electron chi connectivity index (χ1n) is 9.71. The lowest BCUT2D eigenvalue weighted by atomic mass is 9.95. The number of sulfonamides is 1. The molecule has 28 heavy (non-hydrogen) atoms. The average Bonchev–Trinajstić information content (AvgIpc) is 2.97. The van der Waals surface area contributed by atoms with Gasteiger partial charge in [0.05, 0.1) is 11.3 Å². The summed E-state index contributed by atoms with van der Waals surface area (Å²) in [6, 6.07) is 12.7. The van der Waals surface area contributed by atoms with Gasteiger partial charge in [0, 0.05) is 30.2 Å². The molecule has 7 heteroatoms. The van der Waals surface area contributed by atoms with E-state index in [2.05, 4.69) is 10.0 Å². The van der Waals surface area contributed by atoms with E-state index < -0.39 is 10.0 Å². The SMILES string of the molecule is CN1C(=O)Cc2cc(S(=O)(=O)Nc3ccc(NC4CCCCC4)cc3)ccc21. The molecule has 2 aromatic rings. The first kappa shape index (κ1) is 18.8. The van der Waals surface area contributed by atoms with Crippen molar-refractivity contribution in [3.05, 3.63) is 48.0 Å². The molecule has 0 atom stereocenters. The van der Waals surface area contributed by atoms with Crippen LogP contribution in [0.2, 0.25) is 0 Å². The third-order valence-corrected chi connectivity index (χ3v) is 6.93. The lowest BCUT2D eigenvalue weighted by Crippen LogP contribution is -2.22. The maximum absolute atomic E-state index is 12.7. The monoisotopic (exact) mass is 399 g/mol. The first-order chi connectivity index (χ1) is 13.4. The molecule has 1 amide bonds. The van der Waals surface area contributed by atoms with Crippen LogP contribution in [0.1, 0.15) is 37.7 Å². The Morgan fingerprint density at radius 1 is 0.964 bits per heavy atom. The fourth-order valence-corrected chi connectivity index (χ4v) is 5.05. The van der Waals surface area contributed by atoms with Crippen molar-refractivity contribution in [3.63, 3.8) is 0 Å². The quantitative estimate of drug-likeness (QED) is 0.803. The molecule has 1 aliphatic carbocycles. The summed E-state index contributed by atoms with van der Waals surface area (Å²) in [5, 5.41) is 3.53. The summed E-state index contributed by atoms with van der Waals surface area (Å²) in [5.74, 6) is -0.0291. The van der Waals surface area contributed by atoms with Crippen molar-refractivity contribution in [2.24, 2.45) is 0 Å². The van der Waals surface area contributed by atoms with Crippen molar-refractivity contribution in [1.82, 2.24) is 0 Å². The van der Waals surface area contributed by atoms with Gasteiger partial charge in [-0.25, -0.2) is 8.42 Å². The number of anilines is 3. The number of hydrogen-bond acceptors (Lipinski definition) is 4. The van der Waals surface area contributed by atoms with Crippen molar-refractivity contribution >= 4 is 33.0 Å². The summed E-state index contributed by atoms with van der Waals surface area (Å²) in [6.07, 6.45) is 6.44. The summed E-state index contributed by atoms with van der Waals surface area (Å²) >= 11 is 0. The lowest BCUT2D eigenvalue weighted by molar-refractivity contribution is -0.117. The van der Waals surface area contributed by atoms with E-state index in [4.69, 9.17) is 0 Å². The molecule has 6 nitrogen and oxygen atoms in total. The first-order valence-corrected chi connectivity index (χ1v) is 11.2. The number of carbonyl (C=O) groups excluding carboxylic acids is 1. The Labute approximate surface area is 166 Å². The van der Waals surface area contributed by atoms with E-state index in [0.717, 1.165) is 16.9 Å². The minimum Gasteiger partial charge on any atom is -0.382 e. The molecule has 0 radical (unpaired) electrons. The summed E-state index contributed by atoms with van der Waals surface area (Å²) in [6.45, 7) is 0. The van der Waals surface area contributed by atoms with E-state index in [9.17, 15) is 13.2 Å². The number of nitrogens with one attached hydrogen (secondary N) is 2. The molecule has 2 aromatic carbocycles. The number of fused-ring (bicyclic) bond motifs is 1. The Hall–Kier alpha value is -2.54. The predicted octanol–water partition coefficient (Wildman–Crippen LogP) is 3.75. The molecule has 4 rings (SSSR count). The minimum absolute atomic E-state index is 0.0291. The summed E-state index contributed by atoms with van der Waals surface area (Å²) in [4.78, 5) is 13.5. The average molecular weight is 400 g/mol. The van der Waals surface area contributed by atoms with Crippen molar-refractivity contribution in [3.8, 4) is 0 Å². The Morgan fingerprint density at radius 3 is 2.36 bits per heavy atom. The van der Waals surface area contributed by atoms with Gasteiger partial charge in [-0.2, -0.15) is 0 Å². The van der Waals surface area contributed by atoms with Gasteiger partial charge < -0.3 is 10.2 Å². The second-order valence-electron chi connectivity index (χ2n) is 7.58. The third kappa shape index (κ3) is 3.85. The molecular weight excluding hydrogens is 374 g/mol. The zero-order valence-electron chi connectivity index (χ0n) is 15.9. The normalized spacial score (nSPS) is 17.5. The van der Waals surface area contributed by atoms with Crippen LogP contribution in [-0.4, -0.2) is 27.4 Å². The van der Waals surface area contributed by atoms with Crippen molar-refractivity contribution in [1.29, 1.82) is 0 Å². The van der Waals surface area contributed by atoms with Crippen LogP contribution in [0.15, 0.2) is 47.4 Å². The van der Waals surface area contributed by atoms with Gasteiger partial charge in [0.15, 0.2) is 0 Å². The molecule has 0 saturated heterocycles. The van der Waals surface area contributed by atoms with Crippen LogP contribution < -0.4 is 14.9 Å². The molecule has 1 aliphatic heterocycles. The van der Waals surface area contributed by atoms with Gasteiger partial charge in [-0.15, -0.1) is 0 Å². The van der Waals surface area contributed by atoms with Crippen LogP contribution in [-0.2, 0) is 21.2 Å². The minimum atomic E-state index is -3.71. The second-order valence-corrected chi connectivity index (χ2v) is 9.26. The van der Waals surface area contributed by atoms with Crippen LogP contribution >= 0.6 is 0 Å². The Balaban J connectivity index is 1.46. The number of nitrogens with zero attached hydrogens (tertiary/aromatic N) is 1. The Morgan fingerprint density at radius 2 is 1.64 bits per heavy atom. The van der Waals surface area contributed by atoms with Gasteiger partial charge in [0.25, 0.3) is 10.0 Å². The van der Waals surface area contributed by atoms with Gasteiger partial charge in [0.1, 0.15) is 0 Å².